The monoisotopic (exact) mass is 332 g/mol. The fourth-order valence-electron chi connectivity index (χ4n) is 2.82. The minimum Gasteiger partial charge on any atom is -0.376 e. The van der Waals surface area contributed by atoms with Crippen molar-refractivity contribution < 1.29 is 14.3 Å². The molecule has 1 aromatic rings. The van der Waals surface area contributed by atoms with Gasteiger partial charge in [0.1, 0.15) is 0 Å². The third-order valence-electron chi connectivity index (χ3n) is 4.36. The van der Waals surface area contributed by atoms with E-state index in [9.17, 15) is 9.59 Å². The molecular formula is C19H28N2O3. The number of hydrogen-bond donors (Lipinski definition) is 1. The first-order valence-electron chi connectivity index (χ1n) is 8.72. The van der Waals surface area contributed by atoms with Gasteiger partial charge in [-0.05, 0) is 36.5 Å². The molecule has 1 fully saturated rings. The normalized spacial score (nSPS) is 17.1. The van der Waals surface area contributed by atoms with Gasteiger partial charge >= 0.3 is 0 Å². The van der Waals surface area contributed by atoms with Crippen molar-refractivity contribution in [3.8, 4) is 0 Å². The van der Waals surface area contributed by atoms with E-state index in [0.717, 1.165) is 25.1 Å². The van der Waals surface area contributed by atoms with Gasteiger partial charge < -0.3 is 15.0 Å². The van der Waals surface area contributed by atoms with Crippen LogP contribution in [0.1, 0.15) is 51.5 Å². The molecule has 1 aliphatic heterocycles. The second-order valence-corrected chi connectivity index (χ2v) is 6.67. The largest absolute Gasteiger partial charge is 0.376 e. The van der Waals surface area contributed by atoms with E-state index in [1.807, 2.05) is 24.3 Å². The number of amides is 2. The molecule has 1 heterocycles. The van der Waals surface area contributed by atoms with Crippen molar-refractivity contribution in [2.75, 3.05) is 25.0 Å². The molecule has 0 bridgehead atoms. The summed E-state index contributed by atoms with van der Waals surface area (Å²) in [5.41, 5.74) is 2.03. The van der Waals surface area contributed by atoms with E-state index in [4.69, 9.17) is 4.74 Å². The van der Waals surface area contributed by atoms with Crippen LogP contribution in [-0.4, -0.2) is 42.5 Å². The molecule has 0 saturated carbocycles. The number of anilines is 1. The zero-order chi connectivity index (χ0) is 17.5. The third kappa shape index (κ3) is 5.64. The maximum absolute atomic E-state index is 12.1. The van der Waals surface area contributed by atoms with Crippen LogP contribution < -0.4 is 5.32 Å². The van der Waals surface area contributed by atoms with Crippen LogP contribution in [0.15, 0.2) is 24.3 Å². The quantitative estimate of drug-likeness (QED) is 0.834. The van der Waals surface area contributed by atoms with E-state index in [1.54, 1.807) is 4.90 Å². The van der Waals surface area contributed by atoms with Gasteiger partial charge in [-0.3, -0.25) is 9.59 Å². The molecule has 1 saturated heterocycles. The predicted octanol–water partition coefficient (Wildman–Crippen LogP) is 3.17. The Balaban J connectivity index is 1.80. The van der Waals surface area contributed by atoms with Crippen LogP contribution in [0.5, 0.6) is 0 Å². The highest BCUT2D eigenvalue weighted by atomic mass is 16.5. The molecule has 0 radical (unpaired) electrons. The Hall–Kier alpha value is -1.88. The molecule has 1 aromatic carbocycles. The minimum absolute atomic E-state index is 0.0143. The molecule has 24 heavy (non-hydrogen) atoms. The Morgan fingerprint density at radius 1 is 1.29 bits per heavy atom. The average molecular weight is 332 g/mol. The van der Waals surface area contributed by atoms with E-state index in [0.29, 0.717) is 19.0 Å². The Bertz CT molecular complexity index is 548. The van der Waals surface area contributed by atoms with Crippen LogP contribution in [-0.2, 0) is 14.3 Å². The van der Waals surface area contributed by atoms with Gasteiger partial charge in [0.15, 0.2) is 0 Å². The van der Waals surface area contributed by atoms with Crippen molar-refractivity contribution >= 4 is 17.5 Å². The number of nitrogens with one attached hydrogen (secondary N) is 1. The zero-order valence-corrected chi connectivity index (χ0v) is 14.9. The average Bonchev–Trinajstić information content (AvgIpc) is 3.04. The SMILES string of the molecule is CC(=O)N(CCC(=O)Nc1ccc(C(C)C)cc1)CC1CCCO1. The maximum atomic E-state index is 12.1. The molecule has 1 N–H and O–H groups in total. The lowest BCUT2D eigenvalue weighted by Gasteiger charge is -2.23. The number of nitrogens with zero attached hydrogens (tertiary/aromatic N) is 1. The molecule has 0 aromatic heterocycles. The molecule has 2 amide bonds. The van der Waals surface area contributed by atoms with Crippen LogP contribution >= 0.6 is 0 Å². The summed E-state index contributed by atoms with van der Waals surface area (Å²) in [4.78, 5) is 25.6. The molecule has 0 spiro atoms. The summed E-state index contributed by atoms with van der Waals surface area (Å²) in [5, 5.41) is 2.89. The second kappa shape index (κ2) is 8.83. The highest BCUT2D eigenvalue weighted by molar-refractivity contribution is 5.91. The van der Waals surface area contributed by atoms with Gasteiger partial charge in [-0.1, -0.05) is 26.0 Å². The first-order valence-corrected chi connectivity index (χ1v) is 8.72. The van der Waals surface area contributed by atoms with Gasteiger partial charge in [0.05, 0.1) is 6.10 Å². The van der Waals surface area contributed by atoms with E-state index in [-0.39, 0.29) is 24.3 Å². The first kappa shape index (κ1) is 18.5. The summed E-state index contributed by atoms with van der Waals surface area (Å²) in [6, 6.07) is 7.89. The van der Waals surface area contributed by atoms with Crippen molar-refractivity contribution in [3.05, 3.63) is 29.8 Å². The third-order valence-corrected chi connectivity index (χ3v) is 4.36. The Morgan fingerprint density at radius 2 is 2.00 bits per heavy atom. The zero-order valence-electron chi connectivity index (χ0n) is 14.9. The molecule has 2 rings (SSSR count). The fourth-order valence-corrected chi connectivity index (χ4v) is 2.82. The highest BCUT2D eigenvalue weighted by Gasteiger charge is 2.21. The Labute approximate surface area is 144 Å². The van der Waals surface area contributed by atoms with Crippen molar-refractivity contribution in [2.24, 2.45) is 0 Å². The number of ether oxygens (including phenoxy) is 1. The smallest absolute Gasteiger partial charge is 0.226 e. The number of hydrogen-bond acceptors (Lipinski definition) is 3. The Kier molecular flexibility index (Phi) is 6.79. The molecular weight excluding hydrogens is 304 g/mol. The molecule has 1 atom stereocenters. The lowest BCUT2D eigenvalue weighted by atomic mass is 10.0. The minimum atomic E-state index is -0.0779. The van der Waals surface area contributed by atoms with E-state index < -0.39 is 0 Å². The van der Waals surface area contributed by atoms with Crippen molar-refractivity contribution in [1.82, 2.24) is 4.90 Å². The van der Waals surface area contributed by atoms with E-state index in [1.165, 1.54) is 12.5 Å². The van der Waals surface area contributed by atoms with E-state index in [2.05, 4.69) is 19.2 Å². The number of benzene rings is 1. The van der Waals surface area contributed by atoms with Crippen LogP contribution in [0.4, 0.5) is 5.69 Å². The summed E-state index contributed by atoms with van der Waals surface area (Å²) >= 11 is 0. The number of rotatable bonds is 7. The lowest BCUT2D eigenvalue weighted by Crippen LogP contribution is -2.37. The van der Waals surface area contributed by atoms with Crippen LogP contribution in [0.2, 0.25) is 0 Å². The van der Waals surface area contributed by atoms with Gasteiger partial charge in [-0.15, -0.1) is 0 Å². The van der Waals surface area contributed by atoms with Crippen molar-refractivity contribution in [2.45, 2.75) is 52.1 Å². The molecule has 132 valence electrons. The molecule has 5 nitrogen and oxygen atoms in total. The highest BCUT2D eigenvalue weighted by Crippen LogP contribution is 2.17. The summed E-state index contributed by atoms with van der Waals surface area (Å²) in [6.07, 6.45) is 2.43. The summed E-state index contributed by atoms with van der Waals surface area (Å²) in [6.45, 7) is 7.58. The van der Waals surface area contributed by atoms with Crippen LogP contribution in [0.25, 0.3) is 0 Å². The van der Waals surface area contributed by atoms with Crippen LogP contribution in [0, 0.1) is 0 Å². The van der Waals surface area contributed by atoms with Gasteiger partial charge in [-0.2, -0.15) is 0 Å². The lowest BCUT2D eigenvalue weighted by molar-refractivity contribution is -0.130. The first-order chi connectivity index (χ1) is 11.5. The maximum Gasteiger partial charge on any atom is 0.226 e. The molecule has 0 aliphatic carbocycles. The van der Waals surface area contributed by atoms with Crippen molar-refractivity contribution in [1.29, 1.82) is 0 Å². The van der Waals surface area contributed by atoms with Gasteiger partial charge in [0, 0.05) is 38.7 Å². The molecule has 1 aliphatic rings. The van der Waals surface area contributed by atoms with Crippen LogP contribution in [0.3, 0.4) is 0 Å². The topological polar surface area (TPSA) is 58.6 Å². The summed E-state index contributed by atoms with van der Waals surface area (Å²) in [5.74, 6) is 0.377. The second-order valence-electron chi connectivity index (χ2n) is 6.67. The molecule has 5 heteroatoms. The molecule has 1 unspecified atom stereocenters. The van der Waals surface area contributed by atoms with E-state index >= 15 is 0 Å². The summed E-state index contributed by atoms with van der Waals surface area (Å²) in [7, 11) is 0. The summed E-state index contributed by atoms with van der Waals surface area (Å²) < 4.78 is 5.57. The number of carbonyl (C=O) groups excluding carboxylic acids is 2. The predicted molar refractivity (Wildman–Crippen MR) is 95.0 cm³/mol. The van der Waals surface area contributed by atoms with Crippen molar-refractivity contribution in [3.63, 3.8) is 0 Å². The Morgan fingerprint density at radius 3 is 2.54 bits per heavy atom. The van der Waals surface area contributed by atoms with Gasteiger partial charge in [0.2, 0.25) is 11.8 Å². The fraction of sp³-hybridized carbons (Fsp3) is 0.579. The van der Waals surface area contributed by atoms with Gasteiger partial charge in [0.25, 0.3) is 0 Å². The van der Waals surface area contributed by atoms with Gasteiger partial charge in [-0.25, -0.2) is 0 Å². The number of carbonyl (C=O) groups is 2. The standard InChI is InChI=1S/C19H28N2O3/c1-14(2)16-6-8-17(9-7-16)20-19(23)10-11-21(15(3)22)13-18-5-4-12-24-18/h6-9,14,18H,4-5,10-13H2,1-3H3,(H,20,23).